The molecule has 0 atom stereocenters. The van der Waals surface area contributed by atoms with Gasteiger partial charge in [-0.15, -0.1) is 0 Å². The molecule has 0 saturated heterocycles. The Balaban J connectivity index is 2.80. The van der Waals surface area contributed by atoms with E-state index in [9.17, 15) is 0 Å². The zero-order chi connectivity index (χ0) is 13.5. The minimum Gasteiger partial charge on any atom is -0.346 e. The second-order valence-electron chi connectivity index (χ2n) is 5.58. The van der Waals surface area contributed by atoms with Crippen molar-refractivity contribution < 1.29 is 0 Å². The number of nitrogens with two attached hydrogens (primary N) is 1. The van der Waals surface area contributed by atoms with Gasteiger partial charge in [-0.2, -0.15) is 0 Å². The minimum atomic E-state index is 0.0724. The van der Waals surface area contributed by atoms with Gasteiger partial charge in [-0.05, 0) is 36.9 Å². The molecule has 2 N–H and O–H groups in total. The second kappa shape index (κ2) is 4.60. The van der Waals surface area contributed by atoms with Crippen LogP contribution in [-0.2, 0) is 12.5 Å². The standard InChI is InChI=1S/C15H21ClN2/c1-10-13(15(2,3)8-9-17)11-6-5-7-12(16)14(11)18(10)4/h5-7H,8-9,17H2,1-4H3. The van der Waals surface area contributed by atoms with Crippen LogP contribution in [0.3, 0.4) is 0 Å². The predicted molar refractivity (Wildman–Crippen MR) is 79.4 cm³/mol. The zero-order valence-corrected chi connectivity index (χ0v) is 12.3. The number of halogens is 1. The summed E-state index contributed by atoms with van der Waals surface area (Å²) in [7, 11) is 2.07. The van der Waals surface area contributed by atoms with Crippen LogP contribution in [0.25, 0.3) is 10.9 Å². The molecule has 2 rings (SSSR count). The van der Waals surface area contributed by atoms with Gasteiger partial charge < -0.3 is 10.3 Å². The van der Waals surface area contributed by atoms with Crippen LogP contribution in [0.1, 0.15) is 31.5 Å². The topological polar surface area (TPSA) is 30.9 Å². The maximum Gasteiger partial charge on any atom is 0.0672 e. The summed E-state index contributed by atoms with van der Waals surface area (Å²) in [4.78, 5) is 0. The van der Waals surface area contributed by atoms with Gasteiger partial charge in [0.1, 0.15) is 0 Å². The van der Waals surface area contributed by atoms with Crippen LogP contribution >= 0.6 is 11.6 Å². The summed E-state index contributed by atoms with van der Waals surface area (Å²) in [5, 5.41) is 2.06. The van der Waals surface area contributed by atoms with Crippen LogP contribution in [0.2, 0.25) is 5.02 Å². The van der Waals surface area contributed by atoms with E-state index in [-0.39, 0.29) is 5.41 Å². The third-order valence-corrected chi connectivity index (χ3v) is 4.21. The maximum absolute atomic E-state index is 6.33. The van der Waals surface area contributed by atoms with Gasteiger partial charge in [-0.3, -0.25) is 0 Å². The van der Waals surface area contributed by atoms with E-state index in [2.05, 4.69) is 38.5 Å². The molecule has 0 aliphatic heterocycles. The van der Waals surface area contributed by atoms with Gasteiger partial charge in [0.2, 0.25) is 0 Å². The fourth-order valence-electron chi connectivity index (χ4n) is 2.93. The highest BCUT2D eigenvalue weighted by Gasteiger charge is 2.27. The van der Waals surface area contributed by atoms with Gasteiger partial charge in [0, 0.05) is 18.1 Å². The number of hydrogen-bond donors (Lipinski definition) is 1. The lowest BCUT2D eigenvalue weighted by Crippen LogP contribution is -2.22. The third-order valence-electron chi connectivity index (χ3n) is 3.90. The molecule has 2 aromatic rings. The molecule has 3 heteroatoms. The lowest BCUT2D eigenvalue weighted by atomic mass is 9.80. The molecule has 0 bridgehead atoms. The third kappa shape index (κ3) is 1.94. The number of para-hydroxylation sites is 1. The largest absolute Gasteiger partial charge is 0.346 e. The fourth-order valence-corrected chi connectivity index (χ4v) is 3.23. The average molecular weight is 265 g/mol. The molecule has 0 aliphatic carbocycles. The first kappa shape index (κ1) is 13.4. The van der Waals surface area contributed by atoms with Gasteiger partial charge in [0.05, 0.1) is 10.5 Å². The lowest BCUT2D eigenvalue weighted by molar-refractivity contribution is 0.487. The molecule has 2 nitrogen and oxygen atoms in total. The fraction of sp³-hybridized carbons (Fsp3) is 0.467. The molecule has 1 aromatic carbocycles. The summed E-state index contributed by atoms with van der Waals surface area (Å²) in [6, 6.07) is 6.12. The van der Waals surface area contributed by atoms with Gasteiger partial charge in [0.15, 0.2) is 0 Å². The quantitative estimate of drug-likeness (QED) is 0.899. The Morgan fingerprint density at radius 1 is 1.33 bits per heavy atom. The molecule has 0 aliphatic rings. The highest BCUT2D eigenvalue weighted by atomic mass is 35.5. The molecule has 0 radical (unpaired) electrons. The Bertz CT molecular complexity index is 582. The lowest BCUT2D eigenvalue weighted by Gasteiger charge is -2.25. The Hall–Kier alpha value is -0.990. The van der Waals surface area contributed by atoms with Crippen LogP contribution in [0.15, 0.2) is 18.2 Å². The van der Waals surface area contributed by atoms with Gasteiger partial charge in [-0.1, -0.05) is 37.6 Å². The normalized spacial score (nSPS) is 12.3. The van der Waals surface area contributed by atoms with Crippen LogP contribution in [0, 0.1) is 6.92 Å². The Labute approximate surface area is 114 Å². The number of benzene rings is 1. The first-order valence-corrected chi connectivity index (χ1v) is 6.72. The molecular formula is C15H21ClN2. The van der Waals surface area contributed by atoms with E-state index in [1.807, 2.05) is 12.1 Å². The molecule has 98 valence electrons. The van der Waals surface area contributed by atoms with E-state index in [4.69, 9.17) is 17.3 Å². The number of nitrogens with zero attached hydrogens (tertiary/aromatic N) is 1. The number of rotatable bonds is 3. The van der Waals surface area contributed by atoms with E-state index in [0.29, 0.717) is 6.54 Å². The van der Waals surface area contributed by atoms with E-state index < -0.39 is 0 Å². The number of aromatic nitrogens is 1. The summed E-state index contributed by atoms with van der Waals surface area (Å²) >= 11 is 6.33. The molecule has 0 amide bonds. The Kier molecular flexibility index (Phi) is 3.43. The SMILES string of the molecule is Cc1c(C(C)(C)CCN)c2cccc(Cl)c2n1C. The van der Waals surface area contributed by atoms with Crippen molar-refractivity contribution in [3.05, 3.63) is 34.5 Å². The molecule has 18 heavy (non-hydrogen) atoms. The van der Waals surface area contributed by atoms with Crippen molar-refractivity contribution in [2.45, 2.75) is 32.6 Å². The van der Waals surface area contributed by atoms with Crippen LogP contribution in [-0.4, -0.2) is 11.1 Å². The predicted octanol–water partition coefficient (Wildman–Crippen LogP) is 3.77. The number of hydrogen-bond acceptors (Lipinski definition) is 1. The first-order chi connectivity index (χ1) is 8.40. The molecule has 0 saturated carbocycles. The van der Waals surface area contributed by atoms with Crippen molar-refractivity contribution in [1.29, 1.82) is 0 Å². The van der Waals surface area contributed by atoms with Crippen molar-refractivity contribution >= 4 is 22.5 Å². The molecule has 0 fully saturated rings. The summed E-state index contributed by atoms with van der Waals surface area (Å²) in [5.74, 6) is 0. The summed E-state index contributed by atoms with van der Waals surface area (Å²) in [6.07, 6.45) is 0.972. The Morgan fingerprint density at radius 2 is 2.00 bits per heavy atom. The maximum atomic E-state index is 6.33. The zero-order valence-electron chi connectivity index (χ0n) is 11.5. The van der Waals surface area contributed by atoms with Crippen molar-refractivity contribution in [1.82, 2.24) is 4.57 Å². The molecule has 0 unspecified atom stereocenters. The summed E-state index contributed by atoms with van der Waals surface area (Å²) in [6.45, 7) is 7.36. The minimum absolute atomic E-state index is 0.0724. The monoisotopic (exact) mass is 264 g/mol. The Morgan fingerprint density at radius 3 is 2.61 bits per heavy atom. The van der Waals surface area contributed by atoms with Crippen LogP contribution in [0.4, 0.5) is 0 Å². The van der Waals surface area contributed by atoms with Gasteiger partial charge in [-0.25, -0.2) is 0 Å². The van der Waals surface area contributed by atoms with Gasteiger partial charge >= 0.3 is 0 Å². The van der Waals surface area contributed by atoms with E-state index in [0.717, 1.165) is 17.0 Å². The highest BCUT2D eigenvalue weighted by Crippen LogP contribution is 2.39. The smallest absolute Gasteiger partial charge is 0.0672 e. The molecule has 0 spiro atoms. The highest BCUT2D eigenvalue weighted by molar-refractivity contribution is 6.35. The van der Waals surface area contributed by atoms with Crippen LogP contribution < -0.4 is 5.73 Å². The first-order valence-electron chi connectivity index (χ1n) is 6.34. The van der Waals surface area contributed by atoms with Crippen molar-refractivity contribution in [3.63, 3.8) is 0 Å². The average Bonchev–Trinajstić information content (AvgIpc) is 2.53. The summed E-state index contributed by atoms with van der Waals surface area (Å²) in [5.41, 5.74) is 9.59. The second-order valence-corrected chi connectivity index (χ2v) is 5.99. The summed E-state index contributed by atoms with van der Waals surface area (Å²) < 4.78 is 2.19. The molecule has 1 heterocycles. The van der Waals surface area contributed by atoms with Gasteiger partial charge in [0.25, 0.3) is 0 Å². The number of aryl methyl sites for hydroxylation is 1. The van der Waals surface area contributed by atoms with Crippen LogP contribution in [0.5, 0.6) is 0 Å². The molecular weight excluding hydrogens is 244 g/mol. The van der Waals surface area contributed by atoms with Crippen molar-refractivity contribution in [2.24, 2.45) is 12.8 Å². The molecule has 1 aromatic heterocycles. The van der Waals surface area contributed by atoms with E-state index in [1.165, 1.54) is 16.6 Å². The van der Waals surface area contributed by atoms with Crippen molar-refractivity contribution in [2.75, 3.05) is 6.54 Å². The van der Waals surface area contributed by atoms with Crippen molar-refractivity contribution in [3.8, 4) is 0 Å². The number of fused-ring (bicyclic) bond motifs is 1. The van der Waals surface area contributed by atoms with E-state index in [1.54, 1.807) is 0 Å². The van der Waals surface area contributed by atoms with E-state index >= 15 is 0 Å².